The van der Waals surface area contributed by atoms with E-state index >= 15 is 0 Å². The summed E-state index contributed by atoms with van der Waals surface area (Å²) in [7, 11) is 0. The Kier molecular flexibility index (Phi) is 7.79. The van der Waals surface area contributed by atoms with Crippen LogP contribution in [0.2, 0.25) is 10.0 Å². The first-order valence-corrected chi connectivity index (χ1v) is 11.8. The van der Waals surface area contributed by atoms with Crippen molar-refractivity contribution < 1.29 is 23.6 Å². The summed E-state index contributed by atoms with van der Waals surface area (Å²) in [4.78, 5) is 23.5. The van der Waals surface area contributed by atoms with Crippen molar-refractivity contribution in [1.82, 2.24) is 0 Å². The summed E-state index contributed by atoms with van der Waals surface area (Å²) in [5, 5.41) is 14.6. The molecule has 0 unspecified atom stereocenters. The average molecular weight is 625 g/mol. The Bertz CT molecular complexity index is 1390. The number of amides is 1. The number of carbonyl (C=O) groups excluding carboxylic acids is 1. The second-order valence-electron chi connectivity index (χ2n) is 7.11. The van der Waals surface area contributed by atoms with Gasteiger partial charge in [0.15, 0.2) is 5.76 Å². The van der Waals surface area contributed by atoms with Crippen molar-refractivity contribution in [3.8, 4) is 17.2 Å². The van der Waals surface area contributed by atoms with Crippen LogP contribution in [0.3, 0.4) is 0 Å². The minimum Gasteiger partial charge on any atom is -0.486 e. The van der Waals surface area contributed by atoms with Crippen LogP contribution in [0.5, 0.6) is 17.2 Å². The fourth-order valence-electron chi connectivity index (χ4n) is 2.96. The van der Waals surface area contributed by atoms with Crippen LogP contribution < -0.4 is 14.8 Å². The molecule has 0 bridgehead atoms. The number of nitrogens with one attached hydrogen (secondary N) is 1. The van der Waals surface area contributed by atoms with Crippen LogP contribution in [0.25, 0.3) is 0 Å². The minimum absolute atomic E-state index is 0.0148. The first-order chi connectivity index (χ1) is 16.8. The van der Waals surface area contributed by atoms with Crippen molar-refractivity contribution in [3.63, 3.8) is 0 Å². The summed E-state index contributed by atoms with van der Waals surface area (Å²) in [5.74, 6) is 0.872. The normalized spacial score (nSPS) is 10.6. The van der Waals surface area contributed by atoms with Gasteiger partial charge in [-0.1, -0.05) is 23.2 Å². The van der Waals surface area contributed by atoms with Gasteiger partial charge in [-0.3, -0.25) is 14.9 Å². The van der Waals surface area contributed by atoms with E-state index in [1.807, 2.05) is 24.3 Å². The SMILES string of the molecule is O=C(Nc1cc(Oc2ccc(Cl)cc2Cl)cc([N+](=O)[O-])c1)c1ccc(COc2ccc(I)cc2)o1. The second kappa shape index (κ2) is 11.0. The summed E-state index contributed by atoms with van der Waals surface area (Å²) in [6.07, 6.45) is 0. The Morgan fingerprint density at radius 3 is 2.49 bits per heavy atom. The van der Waals surface area contributed by atoms with Crippen LogP contribution >= 0.6 is 45.8 Å². The molecule has 1 amide bonds. The zero-order valence-electron chi connectivity index (χ0n) is 17.7. The predicted molar refractivity (Wildman–Crippen MR) is 140 cm³/mol. The van der Waals surface area contributed by atoms with Gasteiger partial charge in [0.05, 0.1) is 21.7 Å². The van der Waals surface area contributed by atoms with E-state index in [2.05, 4.69) is 27.9 Å². The quantitative estimate of drug-likeness (QED) is 0.122. The van der Waals surface area contributed by atoms with E-state index in [-0.39, 0.29) is 40.3 Å². The summed E-state index contributed by atoms with van der Waals surface area (Å²) >= 11 is 14.2. The van der Waals surface area contributed by atoms with E-state index in [0.717, 1.165) is 3.57 Å². The molecule has 178 valence electrons. The molecule has 8 nitrogen and oxygen atoms in total. The fourth-order valence-corrected chi connectivity index (χ4v) is 3.77. The van der Waals surface area contributed by atoms with Gasteiger partial charge in [-0.15, -0.1) is 0 Å². The lowest BCUT2D eigenvalue weighted by atomic mass is 10.2. The van der Waals surface area contributed by atoms with Crippen molar-refractivity contribution in [1.29, 1.82) is 0 Å². The van der Waals surface area contributed by atoms with Gasteiger partial charge in [0, 0.05) is 20.7 Å². The summed E-state index contributed by atoms with van der Waals surface area (Å²) in [5.41, 5.74) is -0.147. The molecular weight excluding hydrogens is 610 g/mol. The molecule has 0 radical (unpaired) electrons. The van der Waals surface area contributed by atoms with Crippen molar-refractivity contribution in [2.24, 2.45) is 0 Å². The second-order valence-corrected chi connectivity index (χ2v) is 9.20. The average Bonchev–Trinajstić information content (AvgIpc) is 3.30. The van der Waals surface area contributed by atoms with E-state index in [4.69, 9.17) is 37.1 Å². The third-order valence-electron chi connectivity index (χ3n) is 4.56. The Balaban J connectivity index is 1.47. The number of hydrogen-bond acceptors (Lipinski definition) is 6. The fraction of sp³-hybridized carbons (Fsp3) is 0.0417. The van der Waals surface area contributed by atoms with Crippen LogP contribution in [0.15, 0.2) is 77.2 Å². The van der Waals surface area contributed by atoms with Crippen molar-refractivity contribution in [2.75, 3.05) is 5.32 Å². The third-order valence-corrected chi connectivity index (χ3v) is 5.81. The number of nitro groups is 1. The molecule has 1 heterocycles. The molecule has 0 aliphatic heterocycles. The van der Waals surface area contributed by atoms with E-state index in [0.29, 0.717) is 16.5 Å². The van der Waals surface area contributed by atoms with E-state index in [1.165, 1.54) is 36.4 Å². The van der Waals surface area contributed by atoms with E-state index < -0.39 is 10.8 Å². The lowest BCUT2D eigenvalue weighted by Gasteiger charge is -2.10. The number of halogens is 3. The number of furan rings is 1. The molecule has 0 saturated carbocycles. The molecule has 0 saturated heterocycles. The van der Waals surface area contributed by atoms with E-state index in [1.54, 1.807) is 12.1 Å². The number of ether oxygens (including phenoxy) is 2. The molecule has 0 spiro atoms. The van der Waals surface area contributed by atoms with Gasteiger partial charge in [0.25, 0.3) is 11.6 Å². The zero-order valence-corrected chi connectivity index (χ0v) is 21.3. The van der Waals surface area contributed by atoms with Crippen LogP contribution in [-0.2, 0) is 6.61 Å². The minimum atomic E-state index is -0.598. The monoisotopic (exact) mass is 624 g/mol. The first-order valence-electron chi connectivity index (χ1n) is 9.97. The van der Waals surface area contributed by atoms with Gasteiger partial charge >= 0.3 is 0 Å². The lowest BCUT2D eigenvalue weighted by Crippen LogP contribution is -2.11. The largest absolute Gasteiger partial charge is 0.486 e. The number of nitrogens with zero attached hydrogens (tertiary/aromatic N) is 1. The molecule has 0 fully saturated rings. The number of non-ortho nitro benzene ring substituents is 1. The molecular formula is C24H15Cl2IN2O6. The highest BCUT2D eigenvalue weighted by Crippen LogP contribution is 2.34. The van der Waals surface area contributed by atoms with Crippen LogP contribution in [0.4, 0.5) is 11.4 Å². The number of nitro benzene ring substituents is 1. The van der Waals surface area contributed by atoms with Crippen LogP contribution in [-0.4, -0.2) is 10.8 Å². The molecule has 1 N–H and O–H groups in total. The smallest absolute Gasteiger partial charge is 0.291 e. The Labute approximate surface area is 223 Å². The molecule has 35 heavy (non-hydrogen) atoms. The van der Waals surface area contributed by atoms with Crippen molar-refractivity contribution >= 4 is 63.1 Å². The first kappa shape index (κ1) is 24.8. The summed E-state index contributed by atoms with van der Waals surface area (Å²) in [6, 6.07) is 19.0. The van der Waals surface area contributed by atoms with Gasteiger partial charge in [-0.25, -0.2) is 0 Å². The van der Waals surface area contributed by atoms with Crippen LogP contribution in [0.1, 0.15) is 16.3 Å². The Hall–Kier alpha value is -3.28. The molecule has 0 atom stereocenters. The maximum absolute atomic E-state index is 12.7. The molecule has 0 aliphatic rings. The molecule has 3 aromatic carbocycles. The summed E-state index contributed by atoms with van der Waals surface area (Å²) in [6.45, 7) is 0.129. The number of benzene rings is 3. The van der Waals surface area contributed by atoms with Gasteiger partial charge in [-0.05, 0) is 77.2 Å². The number of hydrogen-bond donors (Lipinski definition) is 1. The molecule has 11 heteroatoms. The maximum Gasteiger partial charge on any atom is 0.291 e. The zero-order chi connectivity index (χ0) is 24.9. The van der Waals surface area contributed by atoms with Gasteiger partial charge in [0.2, 0.25) is 0 Å². The highest BCUT2D eigenvalue weighted by Gasteiger charge is 2.17. The lowest BCUT2D eigenvalue weighted by molar-refractivity contribution is -0.384. The summed E-state index contributed by atoms with van der Waals surface area (Å²) < 4.78 is 18.0. The molecule has 4 rings (SSSR count). The predicted octanol–water partition coefficient (Wildman–Crippen LogP) is 7.72. The number of carbonyl (C=O) groups is 1. The van der Waals surface area contributed by atoms with Gasteiger partial charge in [0.1, 0.15) is 29.6 Å². The molecule has 1 aromatic heterocycles. The van der Waals surface area contributed by atoms with Gasteiger partial charge < -0.3 is 19.2 Å². The highest BCUT2D eigenvalue weighted by atomic mass is 127. The van der Waals surface area contributed by atoms with E-state index in [9.17, 15) is 14.9 Å². The number of anilines is 1. The highest BCUT2D eigenvalue weighted by molar-refractivity contribution is 14.1. The van der Waals surface area contributed by atoms with Gasteiger partial charge in [-0.2, -0.15) is 0 Å². The standard InChI is InChI=1S/C24H15Cl2IN2O6/c25-14-1-7-22(21(26)9-14)35-20-11-16(10-17(12-20)29(31)32)28-24(30)23-8-6-19(34-23)13-33-18-4-2-15(27)3-5-18/h1-12H,13H2,(H,28,30). The Morgan fingerprint density at radius 1 is 1.00 bits per heavy atom. The number of rotatable bonds is 8. The topological polar surface area (TPSA) is 104 Å². The molecule has 0 aliphatic carbocycles. The van der Waals surface area contributed by atoms with Crippen LogP contribution in [0, 0.1) is 13.7 Å². The van der Waals surface area contributed by atoms with Crippen molar-refractivity contribution in [2.45, 2.75) is 6.61 Å². The maximum atomic E-state index is 12.7. The van der Waals surface area contributed by atoms with Crippen molar-refractivity contribution in [3.05, 3.63) is 108 Å². The third kappa shape index (κ3) is 6.65. The molecule has 4 aromatic rings. The Morgan fingerprint density at radius 2 is 1.77 bits per heavy atom.